The fourth-order valence-corrected chi connectivity index (χ4v) is 5.09. The molecule has 0 bridgehead atoms. The summed E-state index contributed by atoms with van der Waals surface area (Å²) >= 11 is 0. The molecule has 0 aromatic carbocycles. The van der Waals surface area contributed by atoms with E-state index in [9.17, 15) is 4.79 Å². The van der Waals surface area contributed by atoms with Gasteiger partial charge in [-0.15, -0.1) is 0 Å². The van der Waals surface area contributed by atoms with Gasteiger partial charge in [0.05, 0.1) is 6.61 Å². The van der Waals surface area contributed by atoms with Gasteiger partial charge in [-0.2, -0.15) is 15.0 Å². The number of rotatable bonds is 5. The second kappa shape index (κ2) is 10.3. The van der Waals surface area contributed by atoms with Gasteiger partial charge in [0.2, 0.25) is 17.8 Å². The molecule has 184 valence electrons. The predicted octanol–water partition coefficient (Wildman–Crippen LogP) is -1.48. The van der Waals surface area contributed by atoms with Crippen LogP contribution in [0.5, 0.6) is 0 Å². The maximum absolute atomic E-state index is 12.7. The summed E-state index contributed by atoms with van der Waals surface area (Å²) in [6, 6.07) is -0.653. The Morgan fingerprint density at radius 3 is 1.82 bits per heavy atom. The average molecular weight is 463 g/mol. The Balaban J connectivity index is 1.71. The Hall–Kier alpha value is -2.28. The third-order valence-electron chi connectivity index (χ3n) is 6.51. The van der Waals surface area contributed by atoms with E-state index in [0.29, 0.717) is 63.6 Å². The van der Waals surface area contributed by atoms with E-state index in [1.54, 1.807) is 0 Å². The van der Waals surface area contributed by atoms with E-state index in [2.05, 4.69) is 0 Å². The number of aromatic nitrogens is 3. The quantitative estimate of drug-likeness (QED) is 0.374. The standard InChI is InChI=1S/C21H38N10O2/c1-2-33-18(32)17-5-3-4-6-31(17)21-27-19(29-9-13(22)7-14(23)10-29)26-20(28-21)30-11-15(24)8-16(25)12-30/h13-17H,2-12,22-25H2,1H3. The van der Waals surface area contributed by atoms with E-state index in [1.165, 1.54) is 0 Å². The number of hydrogen-bond acceptors (Lipinski definition) is 12. The molecule has 4 heterocycles. The van der Waals surface area contributed by atoms with E-state index in [0.717, 1.165) is 25.7 Å². The molecule has 1 aromatic heterocycles. The third-order valence-corrected chi connectivity index (χ3v) is 6.51. The van der Waals surface area contributed by atoms with Gasteiger partial charge in [-0.3, -0.25) is 0 Å². The molecule has 0 aliphatic carbocycles. The summed E-state index contributed by atoms with van der Waals surface area (Å²) in [5.74, 6) is 1.25. The van der Waals surface area contributed by atoms with Gasteiger partial charge in [-0.1, -0.05) is 0 Å². The molecule has 5 atom stereocenters. The van der Waals surface area contributed by atoms with E-state index in [4.69, 9.17) is 42.6 Å². The zero-order valence-corrected chi connectivity index (χ0v) is 19.5. The first-order valence-electron chi connectivity index (χ1n) is 12.1. The Kier molecular flexibility index (Phi) is 7.47. The second-order valence-corrected chi connectivity index (χ2v) is 9.51. The Morgan fingerprint density at radius 1 is 0.848 bits per heavy atom. The molecule has 8 N–H and O–H groups in total. The summed E-state index contributed by atoms with van der Waals surface area (Å²) in [6.07, 6.45) is 4.12. The van der Waals surface area contributed by atoms with Gasteiger partial charge in [0.1, 0.15) is 6.04 Å². The maximum atomic E-state index is 12.7. The van der Waals surface area contributed by atoms with Crippen molar-refractivity contribution in [3.8, 4) is 0 Å². The normalized spacial score (nSPS) is 30.9. The molecule has 0 radical (unpaired) electrons. The second-order valence-electron chi connectivity index (χ2n) is 9.51. The van der Waals surface area contributed by atoms with E-state index in [-0.39, 0.29) is 30.1 Å². The zero-order chi connectivity index (χ0) is 23.5. The first-order valence-corrected chi connectivity index (χ1v) is 12.1. The highest BCUT2D eigenvalue weighted by molar-refractivity contribution is 5.79. The molecule has 5 unspecified atom stereocenters. The van der Waals surface area contributed by atoms with Gasteiger partial charge < -0.3 is 42.4 Å². The first-order chi connectivity index (χ1) is 15.8. The third kappa shape index (κ3) is 5.62. The highest BCUT2D eigenvalue weighted by Crippen LogP contribution is 2.28. The summed E-state index contributed by atoms with van der Waals surface area (Å²) in [6.45, 7) is 5.26. The van der Waals surface area contributed by atoms with Gasteiger partial charge >= 0.3 is 5.97 Å². The fraction of sp³-hybridized carbons (Fsp3) is 0.810. The van der Waals surface area contributed by atoms with Gasteiger partial charge in [-0.25, -0.2) is 4.79 Å². The smallest absolute Gasteiger partial charge is 0.328 e. The SMILES string of the molecule is CCOC(=O)C1CCCCN1c1nc(N2CC(N)CC(N)C2)nc(N2CC(N)CC(N)C2)n1. The highest BCUT2D eigenvalue weighted by atomic mass is 16.5. The average Bonchev–Trinajstić information content (AvgIpc) is 2.77. The van der Waals surface area contributed by atoms with Crippen molar-refractivity contribution in [3.05, 3.63) is 0 Å². The maximum Gasteiger partial charge on any atom is 0.328 e. The molecule has 4 rings (SSSR count). The lowest BCUT2D eigenvalue weighted by molar-refractivity contribution is -0.145. The molecule has 33 heavy (non-hydrogen) atoms. The summed E-state index contributed by atoms with van der Waals surface area (Å²) < 4.78 is 5.34. The number of carbonyl (C=O) groups excluding carboxylic acids is 1. The lowest BCUT2D eigenvalue weighted by Gasteiger charge is -2.38. The zero-order valence-electron chi connectivity index (χ0n) is 19.5. The lowest BCUT2D eigenvalue weighted by atomic mass is 10.0. The van der Waals surface area contributed by atoms with Crippen LogP contribution in [-0.4, -0.2) is 90.5 Å². The summed E-state index contributed by atoms with van der Waals surface area (Å²) in [7, 11) is 0. The highest BCUT2D eigenvalue weighted by Gasteiger charge is 2.34. The Morgan fingerprint density at radius 2 is 1.33 bits per heavy atom. The van der Waals surface area contributed by atoms with Gasteiger partial charge in [0.15, 0.2) is 0 Å². The van der Waals surface area contributed by atoms with Crippen LogP contribution < -0.4 is 37.6 Å². The van der Waals surface area contributed by atoms with Crippen LogP contribution in [0.3, 0.4) is 0 Å². The molecule has 0 saturated carbocycles. The van der Waals surface area contributed by atoms with E-state index < -0.39 is 6.04 Å². The summed E-state index contributed by atoms with van der Waals surface area (Å²) in [5, 5.41) is 0. The minimum Gasteiger partial charge on any atom is -0.464 e. The molecule has 3 fully saturated rings. The molecular weight excluding hydrogens is 424 g/mol. The van der Waals surface area contributed by atoms with Crippen LogP contribution in [0.1, 0.15) is 39.0 Å². The van der Waals surface area contributed by atoms with Crippen LogP contribution in [0.2, 0.25) is 0 Å². The van der Waals surface area contributed by atoms with Crippen LogP contribution in [0.15, 0.2) is 0 Å². The van der Waals surface area contributed by atoms with Crippen molar-refractivity contribution in [3.63, 3.8) is 0 Å². The van der Waals surface area contributed by atoms with Crippen LogP contribution in [-0.2, 0) is 9.53 Å². The molecule has 12 nitrogen and oxygen atoms in total. The number of piperidine rings is 3. The van der Waals surface area contributed by atoms with Crippen molar-refractivity contribution < 1.29 is 9.53 Å². The van der Waals surface area contributed by atoms with E-state index >= 15 is 0 Å². The van der Waals surface area contributed by atoms with Crippen molar-refractivity contribution in [2.75, 3.05) is 54.0 Å². The van der Waals surface area contributed by atoms with Crippen molar-refractivity contribution in [2.45, 2.75) is 69.2 Å². The summed E-state index contributed by atoms with van der Waals surface area (Å²) in [5.41, 5.74) is 25.0. The predicted molar refractivity (Wildman–Crippen MR) is 127 cm³/mol. The van der Waals surface area contributed by atoms with Gasteiger partial charge in [0.25, 0.3) is 0 Å². The molecule has 3 saturated heterocycles. The Labute approximate surface area is 195 Å². The van der Waals surface area contributed by atoms with Crippen molar-refractivity contribution in [1.29, 1.82) is 0 Å². The molecular formula is C21H38N10O2. The number of anilines is 3. The minimum absolute atomic E-state index is 0.0588. The number of carbonyl (C=O) groups is 1. The number of nitrogens with zero attached hydrogens (tertiary/aromatic N) is 6. The van der Waals surface area contributed by atoms with Crippen LogP contribution in [0.4, 0.5) is 17.8 Å². The largest absolute Gasteiger partial charge is 0.464 e. The first kappa shape index (κ1) is 23.9. The molecule has 0 spiro atoms. The lowest BCUT2D eigenvalue weighted by Crippen LogP contribution is -2.54. The molecule has 1 aromatic rings. The van der Waals surface area contributed by atoms with Crippen molar-refractivity contribution in [1.82, 2.24) is 15.0 Å². The number of ether oxygens (including phenoxy) is 1. The Bertz CT molecular complexity index is 762. The topological polar surface area (TPSA) is 179 Å². The number of esters is 1. The molecule has 3 aliphatic heterocycles. The van der Waals surface area contributed by atoms with Crippen LogP contribution in [0.25, 0.3) is 0 Å². The van der Waals surface area contributed by atoms with Gasteiger partial charge in [-0.05, 0) is 39.0 Å². The van der Waals surface area contributed by atoms with Crippen LogP contribution in [0, 0.1) is 0 Å². The van der Waals surface area contributed by atoms with Crippen molar-refractivity contribution in [2.24, 2.45) is 22.9 Å². The molecule has 3 aliphatic rings. The van der Waals surface area contributed by atoms with Gasteiger partial charge in [0, 0.05) is 56.9 Å². The summed E-state index contributed by atoms with van der Waals surface area (Å²) in [4.78, 5) is 33.1. The molecule has 12 heteroatoms. The van der Waals surface area contributed by atoms with Crippen molar-refractivity contribution >= 4 is 23.8 Å². The number of hydrogen-bond donors (Lipinski definition) is 4. The fourth-order valence-electron chi connectivity index (χ4n) is 5.09. The van der Waals surface area contributed by atoms with E-state index in [1.807, 2.05) is 21.6 Å². The minimum atomic E-state index is -0.418. The van der Waals surface area contributed by atoms with Crippen LogP contribution >= 0.6 is 0 Å². The number of nitrogens with two attached hydrogens (primary N) is 4. The monoisotopic (exact) mass is 462 g/mol. The molecule has 0 amide bonds.